The lowest BCUT2D eigenvalue weighted by Crippen LogP contribution is -2.31. The number of hydrogen-bond donors (Lipinski definition) is 1. The SMILES string of the molecule is C=C(S)C(=O)OC1(CC)CCCC1. The van der Waals surface area contributed by atoms with Crippen molar-refractivity contribution in [2.45, 2.75) is 44.6 Å². The van der Waals surface area contributed by atoms with Crippen LogP contribution in [-0.4, -0.2) is 11.6 Å². The molecule has 0 N–H and O–H groups in total. The average molecular weight is 200 g/mol. The molecule has 2 nitrogen and oxygen atoms in total. The average Bonchev–Trinajstić information content (AvgIpc) is 2.54. The summed E-state index contributed by atoms with van der Waals surface area (Å²) in [5.74, 6) is -0.368. The fraction of sp³-hybridized carbons (Fsp3) is 0.700. The van der Waals surface area contributed by atoms with Crippen LogP contribution in [0.2, 0.25) is 0 Å². The molecular formula is C10H16O2S. The molecule has 0 saturated heterocycles. The Hall–Kier alpha value is -0.440. The first-order chi connectivity index (χ1) is 6.09. The summed E-state index contributed by atoms with van der Waals surface area (Å²) in [6.45, 7) is 5.51. The first-order valence-electron chi connectivity index (χ1n) is 4.71. The highest BCUT2D eigenvalue weighted by atomic mass is 32.1. The molecule has 0 aromatic heterocycles. The fourth-order valence-electron chi connectivity index (χ4n) is 1.80. The Balaban J connectivity index is 2.58. The monoisotopic (exact) mass is 200 g/mol. The highest BCUT2D eigenvalue weighted by molar-refractivity contribution is 7.85. The van der Waals surface area contributed by atoms with Crippen molar-refractivity contribution in [1.29, 1.82) is 0 Å². The van der Waals surface area contributed by atoms with Gasteiger partial charge in [0, 0.05) is 0 Å². The first-order valence-corrected chi connectivity index (χ1v) is 5.15. The summed E-state index contributed by atoms with van der Waals surface area (Å²) in [4.78, 5) is 11.5. The van der Waals surface area contributed by atoms with E-state index in [4.69, 9.17) is 4.74 Å². The van der Waals surface area contributed by atoms with Gasteiger partial charge < -0.3 is 4.74 Å². The minimum absolute atomic E-state index is 0.194. The van der Waals surface area contributed by atoms with E-state index < -0.39 is 0 Å². The maximum atomic E-state index is 11.3. The summed E-state index contributed by atoms with van der Waals surface area (Å²) in [5.41, 5.74) is -0.219. The van der Waals surface area contributed by atoms with Gasteiger partial charge in [-0.15, -0.1) is 12.6 Å². The molecule has 0 aliphatic heterocycles. The van der Waals surface area contributed by atoms with Crippen molar-refractivity contribution in [2.24, 2.45) is 0 Å². The van der Waals surface area contributed by atoms with Gasteiger partial charge in [0.05, 0.1) is 4.91 Å². The zero-order valence-electron chi connectivity index (χ0n) is 8.01. The highest BCUT2D eigenvalue weighted by Crippen LogP contribution is 2.36. The Bertz CT molecular complexity index is 217. The van der Waals surface area contributed by atoms with Gasteiger partial charge in [0.15, 0.2) is 0 Å². The summed E-state index contributed by atoms with van der Waals surface area (Å²) >= 11 is 3.87. The van der Waals surface area contributed by atoms with Crippen LogP contribution in [0.15, 0.2) is 11.5 Å². The lowest BCUT2D eigenvalue weighted by molar-refractivity contribution is -0.153. The van der Waals surface area contributed by atoms with E-state index in [0.717, 1.165) is 32.1 Å². The van der Waals surface area contributed by atoms with Gasteiger partial charge in [-0.2, -0.15) is 0 Å². The van der Waals surface area contributed by atoms with Gasteiger partial charge >= 0.3 is 5.97 Å². The Labute approximate surface area is 84.8 Å². The second-order valence-corrected chi connectivity index (χ2v) is 4.12. The van der Waals surface area contributed by atoms with Crippen molar-refractivity contribution in [3.8, 4) is 0 Å². The normalized spacial score (nSPS) is 19.8. The van der Waals surface area contributed by atoms with E-state index in [0.29, 0.717) is 0 Å². The minimum Gasteiger partial charge on any atom is -0.455 e. The molecule has 0 heterocycles. The third-order valence-electron chi connectivity index (χ3n) is 2.70. The van der Waals surface area contributed by atoms with Crippen LogP contribution in [0, 0.1) is 0 Å². The van der Waals surface area contributed by atoms with E-state index in [1.165, 1.54) is 0 Å². The van der Waals surface area contributed by atoms with E-state index in [2.05, 4.69) is 26.1 Å². The van der Waals surface area contributed by atoms with Crippen LogP contribution < -0.4 is 0 Å². The van der Waals surface area contributed by atoms with E-state index in [-0.39, 0.29) is 16.5 Å². The standard InChI is InChI=1S/C10H16O2S/c1-3-10(6-4-5-7-10)12-9(11)8(2)13/h13H,2-7H2,1H3. The first kappa shape index (κ1) is 10.6. The lowest BCUT2D eigenvalue weighted by Gasteiger charge is -2.27. The Morgan fingerprint density at radius 2 is 2.08 bits per heavy atom. The van der Waals surface area contributed by atoms with Crippen LogP contribution in [0.1, 0.15) is 39.0 Å². The van der Waals surface area contributed by atoms with Crippen molar-refractivity contribution in [2.75, 3.05) is 0 Å². The number of esters is 1. The molecule has 3 heteroatoms. The molecule has 74 valence electrons. The Morgan fingerprint density at radius 1 is 1.54 bits per heavy atom. The van der Waals surface area contributed by atoms with Crippen LogP contribution in [0.25, 0.3) is 0 Å². The number of carbonyl (C=O) groups excluding carboxylic acids is 1. The maximum Gasteiger partial charge on any atom is 0.344 e. The minimum atomic E-state index is -0.368. The molecule has 1 fully saturated rings. The van der Waals surface area contributed by atoms with Gasteiger partial charge in [0.25, 0.3) is 0 Å². The van der Waals surface area contributed by atoms with E-state index >= 15 is 0 Å². The second kappa shape index (κ2) is 4.18. The van der Waals surface area contributed by atoms with Gasteiger partial charge in [-0.3, -0.25) is 0 Å². The number of hydrogen-bond acceptors (Lipinski definition) is 3. The maximum absolute atomic E-state index is 11.3. The largest absolute Gasteiger partial charge is 0.455 e. The van der Waals surface area contributed by atoms with Crippen molar-refractivity contribution in [3.63, 3.8) is 0 Å². The molecule has 1 rings (SSSR count). The third kappa shape index (κ3) is 2.50. The molecule has 13 heavy (non-hydrogen) atoms. The molecule has 0 unspecified atom stereocenters. The lowest BCUT2D eigenvalue weighted by atomic mass is 9.99. The smallest absolute Gasteiger partial charge is 0.344 e. The molecule has 1 aliphatic carbocycles. The third-order valence-corrected chi connectivity index (χ3v) is 2.89. The van der Waals surface area contributed by atoms with Crippen LogP contribution in [0.5, 0.6) is 0 Å². The number of thiol groups is 1. The number of rotatable bonds is 3. The van der Waals surface area contributed by atoms with Crippen molar-refractivity contribution >= 4 is 18.6 Å². The zero-order valence-corrected chi connectivity index (χ0v) is 8.90. The molecule has 0 bridgehead atoms. The highest BCUT2D eigenvalue weighted by Gasteiger charge is 2.35. The zero-order chi connectivity index (χ0) is 9.90. The van der Waals surface area contributed by atoms with Gasteiger partial charge in [-0.1, -0.05) is 13.5 Å². The summed E-state index contributed by atoms with van der Waals surface area (Å²) in [6, 6.07) is 0. The van der Waals surface area contributed by atoms with E-state index in [9.17, 15) is 4.79 Å². The second-order valence-electron chi connectivity index (χ2n) is 3.58. The predicted octanol–water partition coefficient (Wildman–Crippen LogP) is 2.70. The number of ether oxygens (including phenoxy) is 1. The van der Waals surface area contributed by atoms with Crippen LogP contribution >= 0.6 is 12.6 Å². The molecular weight excluding hydrogens is 184 g/mol. The van der Waals surface area contributed by atoms with Gasteiger partial charge in [-0.25, -0.2) is 4.79 Å². The van der Waals surface area contributed by atoms with Gasteiger partial charge in [0.2, 0.25) is 0 Å². The molecule has 0 aromatic carbocycles. The van der Waals surface area contributed by atoms with Gasteiger partial charge in [-0.05, 0) is 32.1 Å². The summed E-state index contributed by atoms with van der Waals surface area (Å²) in [7, 11) is 0. The quantitative estimate of drug-likeness (QED) is 0.430. The molecule has 0 atom stereocenters. The van der Waals surface area contributed by atoms with Gasteiger partial charge in [0.1, 0.15) is 5.60 Å². The topological polar surface area (TPSA) is 26.3 Å². The van der Waals surface area contributed by atoms with E-state index in [1.54, 1.807) is 0 Å². The summed E-state index contributed by atoms with van der Waals surface area (Å²) in [5, 5.41) is 0. The number of carbonyl (C=O) groups is 1. The molecule has 0 spiro atoms. The Kier molecular flexibility index (Phi) is 3.42. The van der Waals surface area contributed by atoms with Crippen LogP contribution in [0.3, 0.4) is 0 Å². The van der Waals surface area contributed by atoms with Crippen molar-refractivity contribution in [3.05, 3.63) is 11.5 Å². The summed E-state index contributed by atoms with van der Waals surface area (Å²) < 4.78 is 5.39. The van der Waals surface area contributed by atoms with Crippen LogP contribution in [-0.2, 0) is 9.53 Å². The fourth-order valence-corrected chi connectivity index (χ4v) is 1.85. The predicted molar refractivity (Wildman–Crippen MR) is 55.7 cm³/mol. The Morgan fingerprint density at radius 3 is 2.46 bits per heavy atom. The molecule has 0 amide bonds. The van der Waals surface area contributed by atoms with E-state index in [1.807, 2.05) is 0 Å². The van der Waals surface area contributed by atoms with Crippen molar-refractivity contribution < 1.29 is 9.53 Å². The van der Waals surface area contributed by atoms with Crippen LogP contribution in [0.4, 0.5) is 0 Å². The molecule has 0 radical (unpaired) electrons. The summed E-state index contributed by atoms with van der Waals surface area (Å²) in [6.07, 6.45) is 5.16. The molecule has 1 saturated carbocycles. The molecule has 0 aromatic rings. The molecule has 1 aliphatic rings. The van der Waals surface area contributed by atoms with Crippen molar-refractivity contribution in [1.82, 2.24) is 0 Å².